The average molecular weight is 332 g/mol. The number of ether oxygens (including phenoxy) is 1. The monoisotopic (exact) mass is 332 g/mol. The van der Waals surface area contributed by atoms with Crippen molar-refractivity contribution in [2.24, 2.45) is 5.92 Å². The van der Waals surface area contributed by atoms with Gasteiger partial charge >= 0.3 is 12.2 Å². The van der Waals surface area contributed by atoms with E-state index in [4.69, 9.17) is 4.74 Å². The predicted molar refractivity (Wildman–Crippen MR) is 73.5 cm³/mol. The number of rotatable bonds is 2. The maximum atomic E-state index is 13.7. The first-order valence-corrected chi connectivity index (χ1v) is 7.39. The molecule has 2 aliphatic rings. The molecule has 1 fully saturated rings. The van der Waals surface area contributed by atoms with Crippen LogP contribution in [-0.4, -0.2) is 24.9 Å². The van der Waals surface area contributed by atoms with E-state index in [-0.39, 0.29) is 25.2 Å². The van der Waals surface area contributed by atoms with E-state index in [0.717, 1.165) is 0 Å². The number of nitrogens with one attached hydrogen (secondary N) is 2. The van der Waals surface area contributed by atoms with Gasteiger partial charge in [0, 0.05) is 18.0 Å². The Morgan fingerprint density at radius 1 is 1.22 bits per heavy atom. The van der Waals surface area contributed by atoms with Crippen LogP contribution in [0.4, 0.5) is 22.4 Å². The molecular formula is C15H16F4N2O2. The number of hydrogen-bond donors (Lipinski definition) is 2. The Kier molecular flexibility index (Phi) is 4.08. The van der Waals surface area contributed by atoms with Crippen molar-refractivity contribution in [3.63, 3.8) is 0 Å². The molecule has 4 nitrogen and oxygen atoms in total. The zero-order chi connectivity index (χ0) is 16.6. The minimum atomic E-state index is -4.20. The van der Waals surface area contributed by atoms with Gasteiger partial charge in [0.15, 0.2) is 11.6 Å². The van der Waals surface area contributed by atoms with Gasteiger partial charge in [-0.25, -0.2) is 9.18 Å². The van der Waals surface area contributed by atoms with Gasteiger partial charge in [-0.3, -0.25) is 0 Å². The smallest absolute Gasteiger partial charge is 0.391 e. The Hall–Kier alpha value is -1.99. The fraction of sp³-hybridized carbons (Fsp3) is 0.533. The number of amides is 2. The zero-order valence-electron chi connectivity index (χ0n) is 12.1. The Morgan fingerprint density at radius 2 is 1.96 bits per heavy atom. The minimum absolute atomic E-state index is 0.101. The van der Waals surface area contributed by atoms with Crippen molar-refractivity contribution < 1.29 is 27.1 Å². The Morgan fingerprint density at radius 3 is 2.65 bits per heavy atom. The van der Waals surface area contributed by atoms with Crippen molar-refractivity contribution in [3.8, 4) is 5.75 Å². The number of para-hydroxylation sites is 1. The van der Waals surface area contributed by atoms with Gasteiger partial charge in [0.2, 0.25) is 0 Å². The number of carbonyl (C=O) groups excluding carboxylic acids is 1. The number of halogens is 4. The SMILES string of the molecule is O=C(NC1CC(C(F)(F)F)C1)N[C@H]1CCOc2c(F)cccc21. The van der Waals surface area contributed by atoms with Gasteiger partial charge in [-0.2, -0.15) is 13.2 Å². The average Bonchev–Trinajstić information content (AvgIpc) is 2.42. The third kappa shape index (κ3) is 3.35. The van der Waals surface area contributed by atoms with E-state index in [1.54, 1.807) is 6.07 Å². The molecule has 0 spiro atoms. The van der Waals surface area contributed by atoms with Crippen LogP contribution in [0.15, 0.2) is 18.2 Å². The summed E-state index contributed by atoms with van der Waals surface area (Å²) < 4.78 is 56.1. The van der Waals surface area contributed by atoms with Crippen molar-refractivity contribution in [2.45, 2.75) is 37.5 Å². The van der Waals surface area contributed by atoms with Gasteiger partial charge in [-0.15, -0.1) is 0 Å². The highest BCUT2D eigenvalue weighted by molar-refractivity contribution is 5.75. The maximum Gasteiger partial charge on any atom is 0.391 e. The van der Waals surface area contributed by atoms with Crippen molar-refractivity contribution in [1.29, 1.82) is 0 Å². The molecule has 1 atom stereocenters. The summed E-state index contributed by atoms with van der Waals surface area (Å²) in [5, 5.41) is 5.20. The lowest BCUT2D eigenvalue weighted by Gasteiger charge is -2.37. The molecule has 0 aromatic heterocycles. The highest BCUT2D eigenvalue weighted by Gasteiger charge is 2.48. The van der Waals surface area contributed by atoms with Crippen molar-refractivity contribution in [3.05, 3.63) is 29.6 Å². The minimum Gasteiger partial charge on any atom is -0.490 e. The summed E-state index contributed by atoms with van der Waals surface area (Å²) >= 11 is 0. The van der Waals surface area contributed by atoms with Gasteiger partial charge in [0.05, 0.1) is 18.6 Å². The Balaban J connectivity index is 1.55. The first-order chi connectivity index (χ1) is 10.8. The number of alkyl halides is 3. The van der Waals surface area contributed by atoms with E-state index in [2.05, 4.69) is 10.6 Å². The first kappa shape index (κ1) is 15.9. The predicted octanol–water partition coefficient (Wildman–Crippen LogP) is 3.29. The van der Waals surface area contributed by atoms with E-state index in [1.165, 1.54) is 12.1 Å². The molecule has 0 bridgehead atoms. The fourth-order valence-electron chi connectivity index (χ4n) is 2.92. The molecule has 1 saturated carbocycles. The van der Waals surface area contributed by atoms with E-state index in [1.807, 2.05) is 0 Å². The van der Waals surface area contributed by atoms with Crippen molar-refractivity contribution >= 4 is 6.03 Å². The highest BCUT2D eigenvalue weighted by Crippen LogP contribution is 2.41. The lowest BCUT2D eigenvalue weighted by molar-refractivity contribution is -0.198. The van der Waals surface area contributed by atoms with Gasteiger partial charge in [-0.1, -0.05) is 12.1 Å². The Bertz CT molecular complexity index is 600. The zero-order valence-corrected chi connectivity index (χ0v) is 12.1. The second kappa shape index (κ2) is 5.90. The number of urea groups is 1. The van der Waals surface area contributed by atoms with Gasteiger partial charge in [0.1, 0.15) is 0 Å². The van der Waals surface area contributed by atoms with Gasteiger partial charge in [-0.05, 0) is 18.9 Å². The van der Waals surface area contributed by atoms with Gasteiger partial charge < -0.3 is 15.4 Å². The van der Waals surface area contributed by atoms with Crippen LogP contribution in [0.2, 0.25) is 0 Å². The fourth-order valence-corrected chi connectivity index (χ4v) is 2.92. The summed E-state index contributed by atoms with van der Waals surface area (Å²) in [7, 11) is 0. The highest BCUT2D eigenvalue weighted by atomic mass is 19.4. The second-order valence-electron chi connectivity index (χ2n) is 5.87. The van der Waals surface area contributed by atoms with Crippen LogP contribution in [0.25, 0.3) is 0 Å². The summed E-state index contributed by atoms with van der Waals surface area (Å²) in [5.74, 6) is -1.73. The molecule has 0 radical (unpaired) electrons. The third-order valence-electron chi connectivity index (χ3n) is 4.27. The van der Waals surface area contributed by atoms with Crippen molar-refractivity contribution in [2.75, 3.05) is 6.61 Å². The molecule has 0 unspecified atom stereocenters. The van der Waals surface area contributed by atoms with Crippen LogP contribution in [0, 0.1) is 11.7 Å². The lowest BCUT2D eigenvalue weighted by Crippen LogP contribution is -2.52. The van der Waals surface area contributed by atoms with E-state index >= 15 is 0 Å². The van der Waals surface area contributed by atoms with Crippen LogP contribution in [0.5, 0.6) is 5.75 Å². The molecule has 1 heterocycles. The quantitative estimate of drug-likeness (QED) is 0.817. The molecule has 1 aliphatic carbocycles. The lowest BCUT2D eigenvalue weighted by atomic mass is 9.80. The van der Waals surface area contributed by atoms with Crippen molar-refractivity contribution in [1.82, 2.24) is 10.6 Å². The van der Waals surface area contributed by atoms with E-state index in [0.29, 0.717) is 12.0 Å². The van der Waals surface area contributed by atoms with E-state index in [9.17, 15) is 22.4 Å². The number of hydrogen-bond acceptors (Lipinski definition) is 2. The molecule has 0 saturated heterocycles. The first-order valence-electron chi connectivity index (χ1n) is 7.39. The number of carbonyl (C=O) groups is 1. The molecule has 1 aliphatic heterocycles. The third-order valence-corrected chi connectivity index (χ3v) is 4.27. The van der Waals surface area contributed by atoms with Crippen LogP contribution in [-0.2, 0) is 0 Å². The molecule has 1 aromatic rings. The summed E-state index contributed by atoms with van der Waals surface area (Å²) in [6.07, 6.45) is -3.93. The molecule has 1 aromatic carbocycles. The summed E-state index contributed by atoms with van der Waals surface area (Å²) in [4.78, 5) is 11.9. The normalized spacial score (nSPS) is 26.5. The van der Waals surface area contributed by atoms with Crippen LogP contribution in [0.3, 0.4) is 0 Å². The second-order valence-corrected chi connectivity index (χ2v) is 5.87. The molecule has 8 heteroatoms. The molecular weight excluding hydrogens is 316 g/mol. The van der Waals surface area contributed by atoms with Crippen LogP contribution in [0.1, 0.15) is 30.9 Å². The van der Waals surface area contributed by atoms with Gasteiger partial charge in [0.25, 0.3) is 0 Å². The molecule has 2 amide bonds. The summed E-state index contributed by atoms with van der Waals surface area (Å²) in [6, 6.07) is 3.01. The summed E-state index contributed by atoms with van der Waals surface area (Å²) in [5.41, 5.74) is 0.535. The number of fused-ring (bicyclic) bond motifs is 1. The molecule has 2 N–H and O–H groups in total. The number of benzene rings is 1. The maximum absolute atomic E-state index is 13.7. The standard InChI is InChI=1S/C15H16F4N2O2/c16-11-3-1-2-10-12(4-5-23-13(10)11)21-14(22)20-9-6-8(7-9)15(17,18)19/h1-3,8-9,12H,4-7H2,(H2,20,21,22)/t8?,9?,12-/m0/s1. The molecule has 126 valence electrons. The van der Waals surface area contributed by atoms with E-state index < -0.39 is 36.0 Å². The Labute approximate surface area is 130 Å². The topological polar surface area (TPSA) is 50.4 Å². The summed E-state index contributed by atoms with van der Waals surface area (Å²) in [6.45, 7) is 0.262. The molecule has 23 heavy (non-hydrogen) atoms. The van der Waals surface area contributed by atoms with Crippen LogP contribution < -0.4 is 15.4 Å². The largest absolute Gasteiger partial charge is 0.490 e. The van der Waals surface area contributed by atoms with Crippen LogP contribution >= 0.6 is 0 Å². The molecule has 3 rings (SSSR count).